The van der Waals surface area contributed by atoms with E-state index in [1.807, 2.05) is 24.3 Å². The Balaban J connectivity index is 2.22. The minimum Gasteiger partial charge on any atom is -0.497 e. The molecule has 0 atom stereocenters. The van der Waals surface area contributed by atoms with E-state index in [2.05, 4.69) is 25.1 Å². The Morgan fingerprint density at radius 1 is 1.11 bits per heavy atom. The van der Waals surface area contributed by atoms with Crippen LogP contribution in [0.4, 0.5) is 0 Å². The smallest absolute Gasteiger partial charge is 0.118 e. The van der Waals surface area contributed by atoms with E-state index in [-0.39, 0.29) is 0 Å². The third-order valence-corrected chi connectivity index (χ3v) is 4.05. The van der Waals surface area contributed by atoms with Crippen LogP contribution in [0.1, 0.15) is 12.5 Å². The molecule has 0 aliphatic heterocycles. The molecule has 0 spiro atoms. The van der Waals surface area contributed by atoms with Crippen molar-refractivity contribution >= 4 is 23.4 Å². The van der Waals surface area contributed by atoms with Crippen molar-refractivity contribution in [3.8, 4) is 5.75 Å². The lowest BCUT2D eigenvalue weighted by Crippen LogP contribution is -1.86. The number of hydrogen-bond acceptors (Lipinski definition) is 2. The lowest BCUT2D eigenvalue weighted by molar-refractivity contribution is 0.414. The van der Waals surface area contributed by atoms with Crippen molar-refractivity contribution < 1.29 is 4.74 Å². The molecule has 0 radical (unpaired) electrons. The quantitative estimate of drug-likeness (QED) is 0.773. The summed E-state index contributed by atoms with van der Waals surface area (Å²) < 4.78 is 5.15. The molecule has 94 valence electrons. The van der Waals surface area contributed by atoms with Crippen molar-refractivity contribution in [3.05, 3.63) is 53.1 Å². The van der Waals surface area contributed by atoms with E-state index in [4.69, 9.17) is 16.3 Å². The van der Waals surface area contributed by atoms with Gasteiger partial charge in [0.15, 0.2) is 0 Å². The van der Waals surface area contributed by atoms with Gasteiger partial charge < -0.3 is 4.74 Å². The average Bonchev–Trinajstić information content (AvgIpc) is 2.41. The van der Waals surface area contributed by atoms with E-state index >= 15 is 0 Å². The summed E-state index contributed by atoms with van der Waals surface area (Å²) in [6.07, 6.45) is 0.985. The highest BCUT2D eigenvalue weighted by atomic mass is 35.5. The topological polar surface area (TPSA) is 9.23 Å². The van der Waals surface area contributed by atoms with E-state index in [9.17, 15) is 0 Å². The second-order valence-electron chi connectivity index (χ2n) is 3.88. The van der Waals surface area contributed by atoms with Crippen LogP contribution < -0.4 is 4.74 Å². The van der Waals surface area contributed by atoms with Crippen molar-refractivity contribution in [2.75, 3.05) is 7.11 Å². The third-order valence-electron chi connectivity index (χ3n) is 2.69. The predicted octanol–water partition coefficient (Wildman–Crippen LogP) is 5.06. The summed E-state index contributed by atoms with van der Waals surface area (Å²) in [6.45, 7) is 2.14. The maximum absolute atomic E-state index is 6.01. The number of halogens is 1. The van der Waals surface area contributed by atoms with Crippen LogP contribution in [0, 0.1) is 0 Å². The normalized spacial score (nSPS) is 10.4. The minimum atomic E-state index is 0.797. The van der Waals surface area contributed by atoms with Gasteiger partial charge in [0.05, 0.1) is 7.11 Å². The van der Waals surface area contributed by atoms with Gasteiger partial charge >= 0.3 is 0 Å². The summed E-state index contributed by atoms with van der Waals surface area (Å²) in [4.78, 5) is 2.46. The molecule has 0 aliphatic rings. The van der Waals surface area contributed by atoms with Crippen LogP contribution in [0.15, 0.2) is 52.3 Å². The number of benzene rings is 2. The van der Waals surface area contributed by atoms with Gasteiger partial charge in [-0.05, 0) is 54.4 Å². The molecule has 0 amide bonds. The minimum absolute atomic E-state index is 0.797. The van der Waals surface area contributed by atoms with Gasteiger partial charge in [-0.15, -0.1) is 0 Å². The first-order valence-corrected chi connectivity index (χ1v) is 7.02. The molecule has 0 aromatic heterocycles. The SMILES string of the molecule is CCc1cc(Cl)ccc1Sc1ccc(OC)cc1. The molecule has 18 heavy (non-hydrogen) atoms. The van der Waals surface area contributed by atoms with Crippen LogP contribution in [-0.4, -0.2) is 7.11 Å². The molecule has 1 nitrogen and oxygen atoms in total. The fraction of sp³-hybridized carbons (Fsp3) is 0.200. The highest BCUT2D eigenvalue weighted by Gasteiger charge is 2.04. The van der Waals surface area contributed by atoms with Gasteiger partial charge in [0.25, 0.3) is 0 Å². The van der Waals surface area contributed by atoms with E-state index in [1.165, 1.54) is 15.4 Å². The van der Waals surface area contributed by atoms with Crippen LogP contribution in [-0.2, 0) is 6.42 Å². The van der Waals surface area contributed by atoms with Gasteiger partial charge in [0.1, 0.15) is 5.75 Å². The molecule has 0 aliphatic carbocycles. The molecule has 0 fully saturated rings. The van der Waals surface area contributed by atoms with E-state index in [1.54, 1.807) is 18.9 Å². The Morgan fingerprint density at radius 3 is 2.44 bits per heavy atom. The van der Waals surface area contributed by atoms with E-state index in [0.29, 0.717) is 0 Å². The standard InChI is InChI=1S/C15H15ClOS/c1-3-11-10-12(16)4-9-15(11)18-14-7-5-13(17-2)6-8-14/h4-10H,3H2,1-2H3. The van der Waals surface area contributed by atoms with Gasteiger partial charge in [0.2, 0.25) is 0 Å². The molecule has 2 rings (SSSR count). The highest BCUT2D eigenvalue weighted by molar-refractivity contribution is 7.99. The molecular weight excluding hydrogens is 264 g/mol. The van der Waals surface area contributed by atoms with Gasteiger partial charge in [-0.1, -0.05) is 30.3 Å². The molecule has 3 heteroatoms. The lowest BCUT2D eigenvalue weighted by atomic mass is 10.2. The Morgan fingerprint density at radius 2 is 1.83 bits per heavy atom. The van der Waals surface area contributed by atoms with Crippen LogP contribution in [0.25, 0.3) is 0 Å². The summed E-state index contributed by atoms with van der Waals surface area (Å²) >= 11 is 7.76. The third kappa shape index (κ3) is 3.21. The molecule has 0 saturated heterocycles. The molecule has 2 aromatic carbocycles. The van der Waals surface area contributed by atoms with Crippen LogP contribution in [0.5, 0.6) is 5.75 Å². The van der Waals surface area contributed by atoms with Crippen LogP contribution in [0.3, 0.4) is 0 Å². The Bertz CT molecular complexity index is 523. The number of hydrogen-bond donors (Lipinski definition) is 0. The van der Waals surface area contributed by atoms with Crippen molar-refractivity contribution in [1.29, 1.82) is 0 Å². The molecule has 0 N–H and O–H groups in total. The molecule has 0 saturated carbocycles. The Kier molecular flexibility index (Phi) is 4.56. The molecular formula is C15H15ClOS. The van der Waals surface area contributed by atoms with Crippen molar-refractivity contribution in [2.24, 2.45) is 0 Å². The zero-order valence-electron chi connectivity index (χ0n) is 10.4. The largest absolute Gasteiger partial charge is 0.497 e. The molecule has 0 unspecified atom stereocenters. The zero-order chi connectivity index (χ0) is 13.0. The summed E-state index contributed by atoms with van der Waals surface area (Å²) in [5.74, 6) is 0.881. The van der Waals surface area contributed by atoms with Crippen molar-refractivity contribution in [1.82, 2.24) is 0 Å². The second kappa shape index (κ2) is 6.17. The first-order chi connectivity index (χ1) is 8.72. The molecule has 0 heterocycles. The Labute approximate surface area is 117 Å². The maximum atomic E-state index is 6.01. The van der Waals surface area contributed by atoms with Crippen molar-refractivity contribution in [2.45, 2.75) is 23.1 Å². The average molecular weight is 279 g/mol. The summed E-state index contributed by atoms with van der Waals surface area (Å²) in [7, 11) is 1.68. The van der Waals surface area contributed by atoms with Crippen LogP contribution >= 0.6 is 23.4 Å². The Hall–Kier alpha value is -1.12. The maximum Gasteiger partial charge on any atom is 0.118 e. The fourth-order valence-electron chi connectivity index (χ4n) is 1.69. The van der Waals surface area contributed by atoms with Crippen LogP contribution in [0.2, 0.25) is 5.02 Å². The number of ether oxygens (including phenoxy) is 1. The van der Waals surface area contributed by atoms with Crippen molar-refractivity contribution in [3.63, 3.8) is 0 Å². The van der Waals surface area contributed by atoms with Gasteiger partial charge in [-0.3, -0.25) is 0 Å². The van der Waals surface area contributed by atoms with Gasteiger partial charge in [0, 0.05) is 14.8 Å². The predicted molar refractivity (Wildman–Crippen MR) is 77.9 cm³/mol. The summed E-state index contributed by atoms with van der Waals surface area (Å²) in [6, 6.07) is 14.1. The highest BCUT2D eigenvalue weighted by Crippen LogP contribution is 2.33. The van der Waals surface area contributed by atoms with E-state index in [0.717, 1.165) is 17.2 Å². The number of methoxy groups -OCH3 is 1. The number of aryl methyl sites for hydroxylation is 1. The lowest BCUT2D eigenvalue weighted by Gasteiger charge is -2.08. The van der Waals surface area contributed by atoms with Gasteiger partial charge in [-0.2, -0.15) is 0 Å². The second-order valence-corrected chi connectivity index (χ2v) is 5.43. The first-order valence-electron chi connectivity index (χ1n) is 5.83. The fourth-order valence-corrected chi connectivity index (χ4v) is 2.89. The monoisotopic (exact) mass is 278 g/mol. The van der Waals surface area contributed by atoms with Gasteiger partial charge in [-0.25, -0.2) is 0 Å². The number of rotatable bonds is 4. The zero-order valence-corrected chi connectivity index (χ0v) is 12.0. The summed E-state index contributed by atoms with van der Waals surface area (Å²) in [5, 5.41) is 0.797. The molecule has 2 aromatic rings. The molecule has 0 bridgehead atoms. The summed E-state index contributed by atoms with van der Waals surface area (Å²) in [5.41, 5.74) is 1.28. The first kappa shape index (κ1) is 13.3. The van der Waals surface area contributed by atoms with E-state index < -0.39 is 0 Å².